The van der Waals surface area contributed by atoms with Crippen LogP contribution in [0.3, 0.4) is 0 Å². The van der Waals surface area contributed by atoms with Gasteiger partial charge in [0.25, 0.3) is 0 Å². The number of Topliss-reactive ketones (excluding diaryl/α,β-unsaturated/α-hetero) is 1. The van der Waals surface area contributed by atoms with Gasteiger partial charge in [-0.05, 0) is 33.0 Å². The Morgan fingerprint density at radius 1 is 1.32 bits per heavy atom. The van der Waals surface area contributed by atoms with Crippen LogP contribution in [0, 0.1) is 6.92 Å². The molecule has 0 aliphatic heterocycles. The Bertz CT molecular complexity index is 571. The summed E-state index contributed by atoms with van der Waals surface area (Å²) in [4.78, 5) is 17.8. The first kappa shape index (κ1) is 13.8. The minimum absolute atomic E-state index is 0.202. The van der Waals surface area contributed by atoms with Gasteiger partial charge >= 0.3 is 0 Å². The van der Waals surface area contributed by atoms with E-state index in [4.69, 9.17) is 0 Å². The fourth-order valence-corrected chi connectivity index (χ4v) is 2.47. The molecular weight excluding hydrogens is 236 g/mol. The summed E-state index contributed by atoms with van der Waals surface area (Å²) in [6.07, 6.45) is 2.29. The molecule has 0 bridgehead atoms. The van der Waals surface area contributed by atoms with Crippen LogP contribution in [0.5, 0.6) is 0 Å². The molecule has 0 spiro atoms. The second-order valence-corrected chi connectivity index (χ2v) is 5.19. The number of hydrogen-bond donors (Lipinski definition) is 1. The van der Waals surface area contributed by atoms with Gasteiger partial charge in [0.05, 0.1) is 6.54 Å². The summed E-state index contributed by atoms with van der Waals surface area (Å²) >= 11 is 0. The number of carbonyl (C=O) groups excluding carboxylic acids is 1. The SMILES string of the molecule is CCCCN(C)CC(=O)c1c(C)[nH]c2ccccc12. The van der Waals surface area contributed by atoms with E-state index in [-0.39, 0.29) is 5.78 Å². The summed E-state index contributed by atoms with van der Waals surface area (Å²) in [5.41, 5.74) is 2.86. The number of likely N-dealkylation sites (N-methyl/N-ethyl adjacent to an activating group) is 1. The third kappa shape index (κ3) is 3.04. The van der Waals surface area contributed by atoms with E-state index in [1.807, 2.05) is 38.2 Å². The fourth-order valence-electron chi connectivity index (χ4n) is 2.47. The van der Waals surface area contributed by atoms with Crippen molar-refractivity contribution in [3.05, 3.63) is 35.5 Å². The van der Waals surface area contributed by atoms with Gasteiger partial charge in [-0.1, -0.05) is 31.5 Å². The van der Waals surface area contributed by atoms with Crippen LogP contribution in [-0.4, -0.2) is 35.8 Å². The second kappa shape index (κ2) is 6.02. The molecular formula is C16H22N2O. The van der Waals surface area contributed by atoms with Gasteiger partial charge < -0.3 is 4.98 Å². The Hall–Kier alpha value is -1.61. The summed E-state index contributed by atoms with van der Waals surface area (Å²) in [6, 6.07) is 7.99. The van der Waals surface area contributed by atoms with E-state index in [9.17, 15) is 4.79 Å². The topological polar surface area (TPSA) is 36.1 Å². The average Bonchev–Trinajstić information content (AvgIpc) is 2.72. The van der Waals surface area contributed by atoms with Crippen molar-refractivity contribution in [1.82, 2.24) is 9.88 Å². The Labute approximate surface area is 114 Å². The van der Waals surface area contributed by atoms with Crippen LogP contribution in [0.1, 0.15) is 35.8 Å². The van der Waals surface area contributed by atoms with Gasteiger partial charge in [0.2, 0.25) is 0 Å². The van der Waals surface area contributed by atoms with Crippen LogP contribution in [0.15, 0.2) is 24.3 Å². The summed E-state index contributed by atoms with van der Waals surface area (Å²) < 4.78 is 0. The largest absolute Gasteiger partial charge is 0.358 e. The summed E-state index contributed by atoms with van der Waals surface area (Å²) in [5, 5.41) is 1.04. The van der Waals surface area contributed by atoms with Crippen molar-refractivity contribution in [1.29, 1.82) is 0 Å². The van der Waals surface area contributed by atoms with Crippen LogP contribution in [0.2, 0.25) is 0 Å². The van der Waals surface area contributed by atoms with Gasteiger partial charge in [-0.25, -0.2) is 0 Å². The highest BCUT2D eigenvalue weighted by atomic mass is 16.1. The first-order valence-electron chi connectivity index (χ1n) is 6.92. The molecule has 0 amide bonds. The lowest BCUT2D eigenvalue weighted by Gasteiger charge is -2.15. The molecule has 2 aromatic rings. The lowest BCUT2D eigenvalue weighted by atomic mass is 10.1. The minimum atomic E-state index is 0.202. The van der Waals surface area contributed by atoms with Gasteiger partial charge in [-0.2, -0.15) is 0 Å². The second-order valence-electron chi connectivity index (χ2n) is 5.19. The Balaban J connectivity index is 2.19. The molecule has 1 heterocycles. The van der Waals surface area contributed by atoms with Crippen molar-refractivity contribution >= 4 is 16.7 Å². The lowest BCUT2D eigenvalue weighted by molar-refractivity contribution is 0.0946. The molecule has 1 aromatic carbocycles. The van der Waals surface area contributed by atoms with E-state index in [0.29, 0.717) is 6.54 Å². The summed E-state index contributed by atoms with van der Waals surface area (Å²) in [5.74, 6) is 0.202. The number of aryl methyl sites for hydroxylation is 1. The maximum absolute atomic E-state index is 12.5. The molecule has 0 aliphatic rings. The van der Waals surface area contributed by atoms with Crippen molar-refractivity contribution in [2.24, 2.45) is 0 Å². The first-order valence-corrected chi connectivity index (χ1v) is 6.92. The number of aromatic amines is 1. The van der Waals surface area contributed by atoms with Gasteiger partial charge in [0.1, 0.15) is 0 Å². The van der Waals surface area contributed by atoms with E-state index in [0.717, 1.165) is 41.5 Å². The smallest absolute Gasteiger partial charge is 0.179 e. The molecule has 0 atom stereocenters. The molecule has 1 N–H and O–H groups in total. The number of carbonyl (C=O) groups is 1. The van der Waals surface area contributed by atoms with Crippen LogP contribution < -0.4 is 0 Å². The highest BCUT2D eigenvalue weighted by molar-refractivity contribution is 6.10. The maximum atomic E-state index is 12.5. The summed E-state index contributed by atoms with van der Waals surface area (Å²) in [6.45, 7) is 5.60. The Morgan fingerprint density at radius 3 is 2.79 bits per heavy atom. The fraction of sp³-hybridized carbons (Fsp3) is 0.438. The zero-order chi connectivity index (χ0) is 13.8. The first-order chi connectivity index (χ1) is 9.13. The highest BCUT2D eigenvalue weighted by Gasteiger charge is 2.16. The van der Waals surface area contributed by atoms with Crippen molar-refractivity contribution in [2.75, 3.05) is 20.1 Å². The number of fused-ring (bicyclic) bond motifs is 1. The number of ketones is 1. The van der Waals surface area contributed by atoms with Crippen LogP contribution in [0.25, 0.3) is 10.9 Å². The van der Waals surface area contributed by atoms with Crippen LogP contribution in [-0.2, 0) is 0 Å². The number of nitrogens with one attached hydrogen (secondary N) is 1. The number of hydrogen-bond acceptors (Lipinski definition) is 2. The van der Waals surface area contributed by atoms with E-state index >= 15 is 0 Å². The van der Waals surface area contributed by atoms with Gasteiger partial charge in [0, 0.05) is 22.2 Å². The maximum Gasteiger partial charge on any atom is 0.179 e. The molecule has 0 fully saturated rings. The number of aromatic nitrogens is 1. The van der Waals surface area contributed by atoms with E-state index in [1.54, 1.807) is 0 Å². The summed E-state index contributed by atoms with van der Waals surface area (Å²) in [7, 11) is 2.01. The molecule has 19 heavy (non-hydrogen) atoms. The molecule has 0 aliphatic carbocycles. The minimum Gasteiger partial charge on any atom is -0.358 e. The zero-order valence-electron chi connectivity index (χ0n) is 12.0. The molecule has 0 radical (unpaired) electrons. The molecule has 3 heteroatoms. The molecule has 0 saturated carbocycles. The molecule has 1 aromatic heterocycles. The van der Waals surface area contributed by atoms with Gasteiger partial charge in [-0.3, -0.25) is 9.69 Å². The molecule has 3 nitrogen and oxygen atoms in total. The van der Waals surface area contributed by atoms with E-state index < -0.39 is 0 Å². The number of para-hydroxylation sites is 1. The van der Waals surface area contributed by atoms with Crippen molar-refractivity contribution < 1.29 is 4.79 Å². The van der Waals surface area contributed by atoms with Crippen molar-refractivity contribution in [2.45, 2.75) is 26.7 Å². The van der Waals surface area contributed by atoms with E-state index in [2.05, 4.69) is 16.8 Å². The molecule has 0 unspecified atom stereocenters. The van der Waals surface area contributed by atoms with Gasteiger partial charge in [0.15, 0.2) is 5.78 Å². The number of nitrogens with zero attached hydrogens (tertiary/aromatic N) is 1. The quantitative estimate of drug-likeness (QED) is 0.806. The van der Waals surface area contributed by atoms with Crippen molar-refractivity contribution in [3.63, 3.8) is 0 Å². The standard InChI is InChI=1S/C16H22N2O/c1-4-5-10-18(3)11-15(19)16-12(2)17-14-9-7-6-8-13(14)16/h6-9,17H,4-5,10-11H2,1-3H3. The predicted octanol–water partition coefficient (Wildman–Crippen LogP) is 3.39. The van der Waals surface area contributed by atoms with Gasteiger partial charge in [-0.15, -0.1) is 0 Å². The average molecular weight is 258 g/mol. The number of benzene rings is 1. The van der Waals surface area contributed by atoms with Crippen LogP contribution in [0.4, 0.5) is 0 Å². The third-order valence-electron chi connectivity index (χ3n) is 3.48. The molecule has 2 rings (SSSR count). The molecule has 102 valence electrons. The zero-order valence-corrected chi connectivity index (χ0v) is 12.0. The molecule has 0 saturated heterocycles. The Kier molecular flexibility index (Phi) is 4.38. The van der Waals surface area contributed by atoms with E-state index in [1.165, 1.54) is 0 Å². The van der Waals surface area contributed by atoms with Crippen molar-refractivity contribution in [3.8, 4) is 0 Å². The lowest BCUT2D eigenvalue weighted by Crippen LogP contribution is -2.27. The number of unbranched alkanes of at least 4 members (excludes halogenated alkanes) is 1. The highest BCUT2D eigenvalue weighted by Crippen LogP contribution is 2.22. The monoisotopic (exact) mass is 258 g/mol. The number of rotatable bonds is 6. The number of H-pyrrole nitrogens is 1. The van der Waals surface area contributed by atoms with Crippen LogP contribution >= 0.6 is 0 Å². The Morgan fingerprint density at radius 2 is 2.05 bits per heavy atom. The third-order valence-corrected chi connectivity index (χ3v) is 3.48. The predicted molar refractivity (Wildman–Crippen MR) is 79.8 cm³/mol. The normalized spacial score (nSPS) is 11.4.